The van der Waals surface area contributed by atoms with Crippen LogP contribution in [0.5, 0.6) is 5.75 Å². The van der Waals surface area contributed by atoms with Crippen LogP contribution < -0.4 is 10.1 Å². The van der Waals surface area contributed by atoms with Gasteiger partial charge in [0.05, 0.1) is 6.61 Å². The number of hydrogen-bond donors (Lipinski definition) is 1. The smallest absolute Gasteiger partial charge is 0.227 e. The van der Waals surface area contributed by atoms with Gasteiger partial charge in [-0.3, -0.25) is 0 Å². The van der Waals surface area contributed by atoms with Gasteiger partial charge in [0.2, 0.25) is 5.89 Å². The van der Waals surface area contributed by atoms with E-state index in [1.807, 2.05) is 42.5 Å². The summed E-state index contributed by atoms with van der Waals surface area (Å²) in [6.45, 7) is 3.63. The molecule has 5 rings (SSSR count). The second-order valence-corrected chi connectivity index (χ2v) is 7.67. The lowest BCUT2D eigenvalue weighted by Gasteiger charge is -2.08. The molecule has 0 amide bonds. The SMILES string of the molecule is Cc1ccc(NCCCOc2ccc(-c3nc4c(ccc5ccccc54)o3)cc2)cc1. The summed E-state index contributed by atoms with van der Waals surface area (Å²) >= 11 is 0. The largest absolute Gasteiger partial charge is 0.494 e. The molecule has 0 saturated heterocycles. The summed E-state index contributed by atoms with van der Waals surface area (Å²) < 4.78 is 11.9. The molecule has 0 bridgehead atoms. The van der Waals surface area contributed by atoms with Gasteiger partial charge in [0.25, 0.3) is 0 Å². The van der Waals surface area contributed by atoms with E-state index in [-0.39, 0.29) is 0 Å². The van der Waals surface area contributed by atoms with Gasteiger partial charge in [-0.05, 0) is 61.2 Å². The fraction of sp³-hybridized carbons (Fsp3) is 0.148. The van der Waals surface area contributed by atoms with Crippen molar-refractivity contribution in [1.29, 1.82) is 0 Å². The summed E-state index contributed by atoms with van der Waals surface area (Å²) in [5, 5.41) is 5.68. The molecular weight excluding hydrogens is 384 g/mol. The van der Waals surface area contributed by atoms with Gasteiger partial charge in [0.1, 0.15) is 11.3 Å². The van der Waals surface area contributed by atoms with Gasteiger partial charge in [-0.2, -0.15) is 0 Å². The first kappa shape index (κ1) is 19.2. The zero-order valence-corrected chi connectivity index (χ0v) is 17.5. The number of nitrogens with one attached hydrogen (secondary N) is 1. The third-order valence-electron chi connectivity index (χ3n) is 5.36. The molecule has 31 heavy (non-hydrogen) atoms. The van der Waals surface area contributed by atoms with Crippen LogP contribution >= 0.6 is 0 Å². The molecule has 0 radical (unpaired) electrons. The normalized spacial score (nSPS) is 11.1. The molecule has 0 unspecified atom stereocenters. The van der Waals surface area contributed by atoms with Crippen LogP contribution in [0.3, 0.4) is 0 Å². The van der Waals surface area contributed by atoms with Crippen molar-refractivity contribution in [3.63, 3.8) is 0 Å². The number of nitrogens with zero attached hydrogens (tertiary/aromatic N) is 1. The minimum Gasteiger partial charge on any atom is -0.494 e. The number of benzene rings is 4. The Labute approximate surface area is 181 Å². The van der Waals surface area contributed by atoms with Crippen LogP contribution in [-0.4, -0.2) is 18.1 Å². The van der Waals surface area contributed by atoms with E-state index in [2.05, 4.69) is 54.7 Å². The third-order valence-corrected chi connectivity index (χ3v) is 5.36. The van der Waals surface area contributed by atoms with Gasteiger partial charge in [-0.25, -0.2) is 4.98 Å². The molecule has 4 nitrogen and oxygen atoms in total. The highest BCUT2D eigenvalue weighted by Crippen LogP contribution is 2.30. The summed E-state index contributed by atoms with van der Waals surface area (Å²) in [5.41, 5.74) is 5.04. The molecule has 1 aromatic heterocycles. The highest BCUT2D eigenvalue weighted by molar-refractivity contribution is 6.03. The lowest BCUT2D eigenvalue weighted by atomic mass is 10.1. The Morgan fingerprint density at radius 1 is 0.871 bits per heavy atom. The van der Waals surface area contributed by atoms with Crippen LogP contribution in [0.1, 0.15) is 12.0 Å². The molecule has 5 aromatic rings. The van der Waals surface area contributed by atoms with Gasteiger partial charge in [0.15, 0.2) is 5.58 Å². The summed E-state index contributed by atoms with van der Waals surface area (Å²) in [4.78, 5) is 4.75. The summed E-state index contributed by atoms with van der Waals surface area (Å²) in [6.07, 6.45) is 0.924. The molecule has 4 aromatic carbocycles. The van der Waals surface area contributed by atoms with E-state index in [0.29, 0.717) is 12.5 Å². The van der Waals surface area contributed by atoms with E-state index in [9.17, 15) is 0 Å². The number of aromatic nitrogens is 1. The van der Waals surface area contributed by atoms with E-state index in [0.717, 1.165) is 51.8 Å². The highest BCUT2D eigenvalue weighted by atomic mass is 16.5. The minimum absolute atomic E-state index is 0.625. The number of oxazole rings is 1. The van der Waals surface area contributed by atoms with Crippen LogP contribution in [0.15, 0.2) is 89.3 Å². The zero-order valence-electron chi connectivity index (χ0n) is 17.5. The number of aryl methyl sites for hydroxylation is 1. The van der Waals surface area contributed by atoms with Crippen molar-refractivity contribution in [2.45, 2.75) is 13.3 Å². The standard InChI is InChI=1S/C27H24N2O2/c1-19-7-12-22(13-8-19)28-17-4-18-30-23-14-9-21(10-15-23)27-29-26-24-6-3-2-5-20(24)11-16-25(26)31-27/h2-3,5-16,28H,4,17-18H2,1H3. The summed E-state index contributed by atoms with van der Waals surface area (Å²) in [7, 11) is 0. The number of hydrogen-bond acceptors (Lipinski definition) is 4. The number of ether oxygens (including phenoxy) is 1. The molecule has 0 fully saturated rings. The maximum absolute atomic E-state index is 6.00. The predicted octanol–water partition coefficient (Wildman–Crippen LogP) is 6.84. The van der Waals surface area contributed by atoms with Crippen LogP contribution in [0.25, 0.3) is 33.3 Å². The van der Waals surface area contributed by atoms with Gasteiger partial charge in [-0.15, -0.1) is 0 Å². The van der Waals surface area contributed by atoms with Crippen molar-refractivity contribution < 1.29 is 9.15 Å². The Bertz CT molecular complexity index is 1310. The van der Waals surface area contributed by atoms with E-state index < -0.39 is 0 Å². The second kappa shape index (κ2) is 8.52. The van der Waals surface area contributed by atoms with Crippen LogP contribution in [-0.2, 0) is 0 Å². The van der Waals surface area contributed by atoms with Gasteiger partial charge < -0.3 is 14.5 Å². The number of rotatable bonds is 7. The second-order valence-electron chi connectivity index (χ2n) is 7.67. The van der Waals surface area contributed by atoms with Crippen LogP contribution in [0.2, 0.25) is 0 Å². The molecular formula is C27H24N2O2. The number of fused-ring (bicyclic) bond motifs is 3. The van der Waals surface area contributed by atoms with Gasteiger partial charge in [0, 0.05) is 23.2 Å². The molecule has 0 spiro atoms. The predicted molar refractivity (Wildman–Crippen MR) is 127 cm³/mol. The fourth-order valence-electron chi connectivity index (χ4n) is 3.64. The molecule has 1 N–H and O–H groups in total. The Morgan fingerprint density at radius 2 is 1.68 bits per heavy atom. The molecule has 0 saturated carbocycles. The first-order chi connectivity index (χ1) is 15.3. The zero-order chi connectivity index (χ0) is 21.0. The quantitative estimate of drug-likeness (QED) is 0.300. The fourth-order valence-corrected chi connectivity index (χ4v) is 3.64. The van der Waals surface area contributed by atoms with Crippen molar-refractivity contribution in [3.05, 3.63) is 90.5 Å². The molecule has 154 valence electrons. The average Bonchev–Trinajstić information content (AvgIpc) is 3.25. The van der Waals surface area contributed by atoms with Gasteiger partial charge >= 0.3 is 0 Å². The van der Waals surface area contributed by atoms with E-state index in [1.165, 1.54) is 5.56 Å². The third kappa shape index (κ3) is 4.24. The van der Waals surface area contributed by atoms with E-state index in [4.69, 9.17) is 14.1 Å². The topological polar surface area (TPSA) is 47.3 Å². The molecule has 0 aliphatic carbocycles. The molecule has 4 heteroatoms. The number of anilines is 1. The maximum atomic E-state index is 6.00. The average molecular weight is 409 g/mol. The van der Waals surface area contributed by atoms with Crippen molar-refractivity contribution in [3.8, 4) is 17.2 Å². The van der Waals surface area contributed by atoms with Crippen LogP contribution in [0.4, 0.5) is 5.69 Å². The monoisotopic (exact) mass is 408 g/mol. The molecule has 1 heterocycles. The summed E-state index contributed by atoms with van der Waals surface area (Å²) in [5.74, 6) is 1.47. The Hall–Kier alpha value is -3.79. The summed E-state index contributed by atoms with van der Waals surface area (Å²) in [6, 6.07) is 28.6. The van der Waals surface area contributed by atoms with E-state index in [1.54, 1.807) is 0 Å². The van der Waals surface area contributed by atoms with Gasteiger partial charge in [-0.1, -0.05) is 48.0 Å². The Morgan fingerprint density at radius 3 is 2.52 bits per heavy atom. The first-order valence-corrected chi connectivity index (χ1v) is 10.6. The molecule has 0 atom stereocenters. The van der Waals surface area contributed by atoms with E-state index >= 15 is 0 Å². The van der Waals surface area contributed by atoms with Crippen molar-refractivity contribution in [2.75, 3.05) is 18.5 Å². The van der Waals surface area contributed by atoms with Crippen LogP contribution in [0, 0.1) is 6.92 Å². The Kier molecular flexibility index (Phi) is 5.28. The Balaban J connectivity index is 1.20. The lowest BCUT2D eigenvalue weighted by molar-refractivity contribution is 0.315. The maximum Gasteiger partial charge on any atom is 0.227 e. The first-order valence-electron chi connectivity index (χ1n) is 10.6. The molecule has 0 aliphatic rings. The van der Waals surface area contributed by atoms with Crippen molar-refractivity contribution in [1.82, 2.24) is 4.98 Å². The van der Waals surface area contributed by atoms with Crippen molar-refractivity contribution >= 4 is 27.6 Å². The molecule has 0 aliphatic heterocycles. The highest BCUT2D eigenvalue weighted by Gasteiger charge is 2.11. The minimum atomic E-state index is 0.625. The van der Waals surface area contributed by atoms with Crippen molar-refractivity contribution in [2.24, 2.45) is 0 Å². The lowest BCUT2D eigenvalue weighted by Crippen LogP contribution is -2.07.